The highest BCUT2D eigenvalue weighted by Gasteiger charge is 2.25. The predicted octanol–water partition coefficient (Wildman–Crippen LogP) is 1.74. The first-order valence-corrected chi connectivity index (χ1v) is 6.29. The number of hydrogen-bond acceptors (Lipinski definition) is 2. The van der Waals surface area contributed by atoms with Gasteiger partial charge in [-0.1, -0.05) is 26.8 Å². The highest BCUT2D eigenvalue weighted by atomic mass is 16.3. The lowest BCUT2D eigenvalue weighted by Gasteiger charge is -2.27. The summed E-state index contributed by atoms with van der Waals surface area (Å²) in [5.41, 5.74) is 2.21. The molecule has 0 saturated heterocycles. The van der Waals surface area contributed by atoms with Gasteiger partial charge in [-0.05, 0) is 30.2 Å². The van der Waals surface area contributed by atoms with Crippen molar-refractivity contribution in [1.29, 1.82) is 0 Å². The number of rotatable bonds is 2. The molecule has 0 spiro atoms. The molecule has 1 N–H and O–H groups in total. The van der Waals surface area contributed by atoms with Crippen LogP contribution in [0.5, 0.6) is 0 Å². The second kappa shape index (κ2) is 4.30. The molecule has 0 radical (unpaired) electrons. The average molecular weight is 235 g/mol. The summed E-state index contributed by atoms with van der Waals surface area (Å²) in [6.07, 6.45) is 2.64. The largest absolute Gasteiger partial charge is 0.391 e. The molecule has 17 heavy (non-hydrogen) atoms. The summed E-state index contributed by atoms with van der Waals surface area (Å²) in [4.78, 5) is 11.9. The summed E-state index contributed by atoms with van der Waals surface area (Å²) in [6.45, 7) is 6.38. The monoisotopic (exact) mass is 235 g/mol. The number of aliphatic hydroxyl groups excluding tert-OH is 1. The Balaban J connectivity index is 2.34. The van der Waals surface area contributed by atoms with Crippen molar-refractivity contribution in [2.24, 2.45) is 5.41 Å². The zero-order valence-electron chi connectivity index (χ0n) is 10.9. The number of aromatic nitrogens is 1. The molecule has 0 aliphatic heterocycles. The van der Waals surface area contributed by atoms with E-state index in [0.717, 1.165) is 25.0 Å². The second-order valence-corrected chi connectivity index (χ2v) is 5.99. The molecule has 0 aromatic carbocycles. The summed E-state index contributed by atoms with van der Waals surface area (Å²) in [6, 6.07) is 3.56. The summed E-state index contributed by atoms with van der Waals surface area (Å²) in [5.74, 6) is 0. The Hall–Kier alpha value is -1.09. The van der Waals surface area contributed by atoms with Crippen LogP contribution in [0.4, 0.5) is 0 Å². The quantitative estimate of drug-likeness (QED) is 0.848. The number of fused-ring (bicyclic) bond motifs is 1. The third-order valence-electron chi connectivity index (χ3n) is 3.60. The first kappa shape index (κ1) is 12.4. The van der Waals surface area contributed by atoms with Gasteiger partial charge in [0.2, 0.25) is 0 Å². The summed E-state index contributed by atoms with van der Waals surface area (Å²) in [7, 11) is 0. The van der Waals surface area contributed by atoms with Gasteiger partial charge < -0.3 is 9.67 Å². The van der Waals surface area contributed by atoms with Gasteiger partial charge in [0.15, 0.2) is 0 Å². The van der Waals surface area contributed by atoms with Crippen molar-refractivity contribution in [2.45, 2.75) is 52.7 Å². The van der Waals surface area contributed by atoms with Crippen LogP contribution in [0.2, 0.25) is 0 Å². The third kappa shape index (κ3) is 2.44. The van der Waals surface area contributed by atoms with E-state index in [1.165, 1.54) is 5.56 Å². The van der Waals surface area contributed by atoms with Crippen LogP contribution in [0.15, 0.2) is 16.9 Å². The fourth-order valence-electron chi connectivity index (χ4n) is 2.28. The van der Waals surface area contributed by atoms with Crippen LogP contribution < -0.4 is 5.56 Å². The molecular weight excluding hydrogens is 214 g/mol. The molecule has 1 atom stereocenters. The van der Waals surface area contributed by atoms with E-state index in [1.54, 1.807) is 10.6 Å². The van der Waals surface area contributed by atoms with Crippen molar-refractivity contribution in [2.75, 3.05) is 0 Å². The van der Waals surface area contributed by atoms with E-state index in [-0.39, 0.29) is 11.0 Å². The lowest BCUT2D eigenvalue weighted by molar-refractivity contribution is 0.0466. The van der Waals surface area contributed by atoms with Crippen molar-refractivity contribution in [3.8, 4) is 0 Å². The fraction of sp³-hybridized carbons (Fsp3) is 0.643. The van der Waals surface area contributed by atoms with E-state index >= 15 is 0 Å². The van der Waals surface area contributed by atoms with Crippen LogP contribution in [-0.4, -0.2) is 15.8 Å². The zero-order valence-corrected chi connectivity index (χ0v) is 10.9. The first-order chi connectivity index (χ1) is 7.89. The Morgan fingerprint density at radius 2 is 2.06 bits per heavy atom. The van der Waals surface area contributed by atoms with Gasteiger partial charge in [-0.15, -0.1) is 0 Å². The first-order valence-electron chi connectivity index (χ1n) is 6.29. The molecule has 1 aromatic heterocycles. The number of pyridine rings is 1. The minimum Gasteiger partial charge on any atom is -0.391 e. The lowest BCUT2D eigenvalue weighted by atomic mass is 9.89. The maximum Gasteiger partial charge on any atom is 0.250 e. The van der Waals surface area contributed by atoms with E-state index in [4.69, 9.17) is 0 Å². The minimum absolute atomic E-state index is 0.00829. The SMILES string of the molecule is CC(C)(C)C(O)Cn1c2c(ccc1=O)CCC2. The smallest absolute Gasteiger partial charge is 0.250 e. The van der Waals surface area contributed by atoms with Crippen molar-refractivity contribution in [3.63, 3.8) is 0 Å². The maximum absolute atomic E-state index is 11.9. The van der Waals surface area contributed by atoms with Gasteiger partial charge in [0.05, 0.1) is 12.6 Å². The maximum atomic E-state index is 11.9. The van der Waals surface area contributed by atoms with E-state index in [0.29, 0.717) is 6.54 Å². The molecule has 0 amide bonds. The molecule has 94 valence electrons. The zero-order chi connectivity index (χ0) is 12.6. The van der Waals surface area contributed by atoms with E-state index < -0.39 is 6.10 Å². The molecule has 0 fully saturated rings. The summed E-state index contributed by atoms with van der Waals surface area (Å²) >= 11 is 0. The van der Waals surface area contributed by atoms with E-state index in [9.17, 15) is 9.90 Å². The summed E-state index contributed by atoms with van der Waals surface area (Å²) in [5, 5.41) is 10.1. The van der Waals surface area contributed by atoms with Crippen LogP contribution in [0.3, 0.4) is 0 Å². The van der Waals surface area contributed by atoms with E-state index in [2.05, 4.69) is 0 Å². The molecule has 0 bridgehead atoms. The number of aryl methyl sites for hydroxylation is 1. The Morgan fingerprint density at radius 3 is 2.71 bits per heavy atom. The highest BCUT2D eigenvalue weighted by molar-refractivity contribution is 5.25. The summed E-state index contributed by atoms with van der Waals surface area (Å²) < 4.78 is 1.76. The highest BCUT2D eigenvalue weighted by Crippen LogP contribution is 2.23. The van der Waals surface area contributed by atoms with Crippen molar-refractivity contribution in [1.82, 2.24) is 4.57 Å². The Labute approximate surface area is 102 Å². The Bertz CT molecular complexity index is 468. The van der Waals surface area contributed by atoms with Crippen LogP contribution in [0, 0.1) is 5.41 Å². The molecule has 1 aliphatic rings. The van der Waals surface area contributed by atoms with Crippen molar-refractivity contribution < 1.29 is 5.11 Å². The number of nitrogens with zero attached hydrogens (tertiary/aromatic N) is 1. The average Bonchev–Trinajstić information content (AvgIpc) is 2.68. The predicted molar refractivity (Wildman–Crippen MR) is 68.2 cm³/mol. The van der Waals surface area contributed by atoms with Crippen molar-refractivity contribution >= 4 is 0 Å². The van der Waals surface area contributed by atoms with Gasteiger partial charge in [-0.25, -0.2) is 0 Å². The lowest BCUT2D eigenvalue weighted by Crippen LogP contribution is -2.35. The van der Waals surface area contributed by atoms with Crippen LogP contribution in [-0.2, 0) is 19.4 Å². The Kier molecular flexibility index (Phi) is 3.13. The third-order valence-corrected chi connectivity index (χ3v) is 3.60. The van der Waals surface area contributed by atoms with Gasteiger partial charge in [0.1, 0.15) is 0 Å². The van der Waals surface area contributed by atoms with Gasteiger partial charge in [-0.3, -0.25) is 4.79 Å². The molecule has 2 rings (SSSR count). The van der Waals surface area contributed by atoms with Gasteiger partial charge in [-0.2, -0.15) is 0 Å². The minimum atomic E-state index is -0.493. The molecule has 3 nitrogen and oxygen atoms in total. The van der Waals surface area contributed by atoms with Crippen LogP contribution in [0.25, 0.3) is 0 Å². The molecule has 3 heteroatoms. The topological polar surface area (TPSA) is 42.2 Å². The van der Waals surface area contributed by atoms with Gasteiger partial charge in [0, 0.05) is 11.8 Å². The number of hydrogen-bond donors (Lipinski definition) is 1. The molecule has 1 unspecified atom stereocenters. The molecular formula is C14H21NO2. The second-order valence-electron chi connectivity index (χ2n) is 5.99. The van der Waals surface area contributed by atoms with Crippen LogP contribution >= 0.6 is 0 Å². The number of aliphatic hydroxyl groups is 1. The molecule has 1 aliphatic carbocycles. The Morgan fingerprint density at radius 1 is 1.35 bits per heavy atom. The molecule has 1 heterocycles. The van der Waals surface area contributed by atoms with Crippen molar-refractivity contribution in [3.05, 3.63) is 33.7 Å². The van der Waals surface area contributed by atoms with Crippen LogP contribution in [0.1, 0.15) is 38.4 Å². The van der Waals surface area contributed by atoms with Gasteiger partial charge >= 0.3 is 0 Å². The standard InChI is InChI=1S/C14H21NO2/c1-14(2,3)12(16)9-15-11-6-4-5-10(11)7-8-13(15)17/h7-8,12,16H,4-6,9H2,1-3H3. The fourth-order valence-corrected chi connectivity index (χ4v) is 2.28. The molecule has 0 saturated carbocycles. The van der Waals surface area contributed by atoms with E-state index in [1.807, 2.05) is 26.8 Å². The molecule has 1 aromatic rings. The van der Waals surface area contributed by atoms with Gasteiger partial charge in [0.25, 0.3) is 5.56 Å². The normalized spacial score (nSPS) is 16.9.